The van der Waals surface area contributed by atoms with Crippen LogP contribution in [0.4, 0.5) is 0 Å². The molecular weight excluding hydrogens is 661 g/mol. The van der Waals surface area contributed by atoms with Gasteiger partial charge in [0, 0.05) is 19.3 Å². The second-order valence-electron chi connectivity index (χ2n) is 16.8. The summed E-state index contributed by atoms with van der Waals surface area (Å²) in [5.74, 6) is 0.813. The van der Waals surface area contributed by atoms with E-state index < -0.39 is 6.10 Å². The first-order valence-electron chi connectivity index (χ1n) is 23.3. The van der Waals surface area contributed by atoms with Crippen LogP contribution in [0.5, 0.6) is 0 Å². The van der Waals surface area contributed by atoms with E-state index in [-0.39, 0.29) is 31.1 Å². The lowest BCUT2D eigenvalue weighted by molar-refractivity contribution is -0.167. The molecule has 0 saturated heterocycles. The average Bonchev–Trinajstić information content (AvgIpc) is 3.14. The lowest BCUT2D eigenvalue weighted by Gasteiger charge is -2.18. The highest BCUT2D eigenvalue weighted by Crippen LogP contribution is 2.17. The van der Waals surface area contributed by atoms with Crippen molar-refractivity contribution in [3.05, 3.63) is 0 Å². The molecule has 0 aromatic heterocycles. The van der Waals surface area contributed by atoms with Crippen molar-refractivity contribution in [3.63, 3.8) is 0 Å². The number of rotatable bonds is 41. The van der Waals surface area contributed by atoms with Gasteiger partial charge in [-0.25, -0.2) is 0 Å². The Bertz CT molecular complexity index is 811. The summed E-state index contributed by atoms with van der Waals surface area (Å²) >= 11 is 0. The molecule has 0 aliphatic heterocycles. The highest BCUT2D eigenvalue weighted by Gasteiger charge is 2.19. The number of hydrogen-bond acceptors (Lipinski definition) is 6. The number of esters is 3. The predicted molar refractivity (Wildman–Crippen MR) is 224 cm³/mol. The molecule has 0 aliphatic carbocycles. The molecule has 0 spiro atoms. The fourth-order valence-electron chi connectivity index (χ4n) is 6.90. The van der Waals surface area contributed by atoms with Crippen LogP contribution in [-0.2, 0) is 28.6 Å². The van der Waals surface area contributed by atoms with Crippen molar-refractivity contribution < 1.29 is 28.6 Å². The van der Waals surface area contributed by atoms with Gasteiger partial charge in [0.15, 0.2) is 6.10 Å². The maximum absolute atomic E-state index is 12.7. The third-order valence-corrected chi connectivity index (χ3v) is 10.8. The normalized spacial score (nSPS) is 12.6. The van der Waals surface area contributed by atoms with Crippen LogP contribution in [0.2, 0.25) is 0 Å². The van der Waals surface area contributed by atoms with Crippen molar-refractivity contribution in [2.24, 2.45) is 11.8 Å². The molecule has 2 atom stereocenters. The zero-order valence-corrected chi connectivity index (χ0v) is 36.1. The SMILES string of the molecule is CCCCCCCCCCCC(=O)OC[C@@H](COC(=O)CCCCCCCCCCC(C)CC)OC(=O)CCCCCCCCCCCCCC(C)C. The molecule has 0 amide bonds. The third kappa shape index (κ3) is 39.9. The van der Waals surface area contributed by atoms with Crippen molar-refractivity contribution in [3.8, 4) is 0 Å². The van der Waals surface area contributed by atoms with Gasteiger partial charge < -0.3 is 14.2 Å². The maximum atomic E-state index is 12.7. The molecule has 0 aliphatic rings. The summed E-state index contributed by atoms with van der Waals surface area (Å²) in [6, 6.07) is 0. The molecule has 0 N–H and O–H groups in total. The van der Waals surface area contributed by atoms with E-state index in [9.17, 15) is 14.4 Å². The van der Waals surface area contributed by atoms with Crippen LogP contribution < -0.4 is 0 Å². The Kier molecular flexibility index (Phi) is 38.9. The van der Waals surface area contributed by atoms with Crippen molar-refractivity contribution in [2.45, 2.75) is 259 Å². The van der Waals surface area contributed by atoms with Crippen LogP contribution in [0.1, 0.15) is 253 Å². The van der Waals surface area contributed by atoms with Gasteiger partial charge in [0.25, 0.3) is 0 Å². The Hall–Kier alpha value is -1.59. The van der Waals surface area contributed by atoms with Crippen LogP contribution in [0.3, 0.4) is 0 Å². The molecule has 0 saturated carbocycles. The van der Waals surface area contributed by atoms with Crippen LogP contribution in [0.25, 0.3) is 0 Å². The van der Waals surface area contributed by atoms with E-state index >= 15 is 0 Å². The van der Waals surface area contributed by atoms with E-state index in [2.05, 4.69) is 34.6 Å². The number of hydrogen-bond donors (Lipinski definition) is 0. The van der Waals surface area contributed by atoms with Crippen LogP contribution in [0, 0.1) is 11.8 Å². The van der Waals surface area contributed by atoms with Gasteiger partial charge in [0.2, 0.25) is 0 Å². The molecule has 0 rings (SSSR count). The van der Waals surface area contributed by atoms with Gasteiger partial charge in [0.1, 0.15) is 13.2 Å². The summed E-state index contributed by atoms with van der Waals surface area (Å²) in [5, 5.41) is 0. The van der Waals surface area contributed by atoms with Gasteiger partial charge in [-0.1, -0.05) is 214 Å². The van der Waals surface area contributed by atoms with Crippen LogP contribution in [0.15, 0.2) is 0 Å². The van der Waals surface area contributed by atoms with Gasteiger partial charge in [0.05, 0.1) is 0 Å². The number of unbranched alkanes of at least 4 members (excludes halogenated alkanes) is 25. The standard InChI is InChI=1S/C47H90O6/c1-6-8-9-10-11-15-22-27-32-37-45(48)51-40-44(41-52-46(49)38-33-28-23-19-18-21-26-31-36-43(5)7-2)53-47(50)39-34-29-24-17-14-12-13-16-20-25-30-35-42(3)4/h42-44H,6-41H2,1-5H3/t43?,44-/m0/s1. The summed E-state index contributed by atoms with van der Waals surface area (Å²) in [6.07, 6.45) is 38.0. The van der Waals surface area contributed by atoms with Crippen molar-refractivity contribution in [1.29, 1.82) is 0 Å². The lowest BCUT2D eigenvalue weighted by atomic mass is 9.99. The van der Waals surface area contributed by atoms with Crippen LogP contribution >= 0.6 is 0 Å². The minimum Gasteiger partial charge on any atom is -0.462 e. The maximum Gasteiger partial charge on any atom is 0.306 e. The van der Waals surface area contributed by atoms with Gasteiger partial charge >= 0.3 is 17.9 Å². The highest BCUT2D eigenvalue weighted by molar-refractivity contribution is 5.71. The van der Waals surface area contributed by atoms with E-state index in [1.165, 1.54) is 141 Å². The van der Waals surface area contributed by atoms with Gasteiger partial charge in [-0.15, -0.1) is 0 Å². The monoisotopic (exact) mass is 751 g/mol. The fourth-order valence-corrected chi connectivity index (χ4v) is 6.90. The summed E-state index contributed by atoms with van der Waals surface area (Å²) in [4.78, 5) is 37.7. The van der Waals surface area contributed by atoms with E-state index in [0.717, 1.165) is 69.6 Å². The number of carbonyl (C=O) groups excluding carboxylic acids is 3. The van der Waals surface area contributed by atoms with E-state index in [0.29, 0.717) is 19.3 Å². The topological polar surface area (TPSA) is 78.9 Å². The first-order chi connectivity index (χ1) is 25.8. The molecule has 0 aromatic rings. The molecule has 6 heteroatoms. The predicted octanol–water partition coefficient (Wildman–Crippen LogP) is 14.6. The molecule has 1 unspecified atom stereocenters. The second-order valence-corrected chi connectivity index (χ2v) is 16.8. The Labute approximate surface area is 329 Å². The third-order valence-electron chi connectivity index (χ3n) is 10.8. The highest BCUT2D eigenvalue weighted by atomic mass is 16.6. The zero-order chi connectivity index (χ0) is 39.0. The molecule has 6 nitrogen and oxygen atoms in total. The summed E-state index contributed by atoms with van der Waals surface area (Å²) in [7, 11) is 0. The van der Waals surface area contributed by atoms with Crippen LogP contribution in [-0.4, -0.2) is 37.2 Å². The molecule has 0 heterocycles. The Balaban J connectivity index is 4.33. The second kappa shape index (κ2) is 40.1. The van der Waals surface area contributed by atoms with E-state index in [4.69, 9.17) is 14.2 Å². The smallest absolute Gasteiger partial charge is 0.306 e. The first-order valence-corrected chi connectivity index (χ1v) is 23.3. The average molecular weight is 751 g/mol. The quantitative estimate of drug-likeness (QED) is 0.0352. The zero-order valence-electron chi connectivity index (χ0n) is 36.1. The molecule has 314 valence electrons. The number of carbonyl (C=O) groups is 3. The lowest BCUT2D eigenvalue weighted by Crippen LogP contribution is -2.30. The van der Waals surface area contributed by atoms with E-state index in [1.54, 1.807) is 0 Å². The van der Waals surface area contributed by atoms with Crippen molar-refractivity contribution in [2.75, 3.05) is 13.2 Å². The molecule has 0 aromatic carbocycles. The minimum absolute atomic E-state index is 0.0651. The Morgan fingerprint density at radius 3 is 1.08 bits per heavy atom. The molecule has 0 fully saturated rings. The summed E-state index contributed by atoms with van der Waals surface area (Å²) < 4.78 is 16.7. The summed E-state index contributed by atoms with van der Waals surface area (Å²) in [5.41, 5.74) is 0. The molecular formula is C47H90O6. The van der Waals surface area contributed by atoms with Crippen molar-refractivity contribution in [1.82, 2.24) is 0 Å². The number of ether oxygens (including phenoxy) is 3. The largest absolute Gasteiger partial charge is 0.462 e. The van der Waals surface area contributed by atoms with Crippen molar-refractivity contribution >= 4 is 17.9 Å². The molecule has 0 bridgehead atoms. The van der Waals surface area contributed by atoms with Gasteiger partial charge in [-0.3, -0.25) is 14.4 Å². The Morgan fingerprint density at radius 1 is 0.396 bits per heavy atom. The first kappa shape index (κ1) is 51.4. The summed E-state index contributed by atoms with van der Waals surface area (Å²) in [6.45, 7) is 11.3. The van der Waals surface area contributed by atoms with Gasteiger partial charge in [-0.2, -0.15) is 0 Å². The Morgan fingerprint density at radius 2 is 0.717 bits per heavy atom. The van der Waals surface area contributed by atoms with E-state index in [1.807, 2.05) is 0 Å². The van der Waals surface area contributed by atoms with Gasteiger partial charge in [-0.05, 0) is 31.1 Å². The minimum atomic E-state index is -0.760. The molecule has 0 radical (unpaired) electrons. The molecule has 53 heavy (non-hydrogen) atoms. The fraction of sp³-hybridized carbons (Fsp3) is 0.936.